The van der Waals surface area contributed by atoms with Crippen molar-refractivity contribution in [3.05, 3.63) is 71.6 Å². The summed E-state index contributed by atoms with van der Waals surface area (Å²) in [5, 5.41) is 6.73. The number of halogens is 3. The lowest BCUT2D eigenvalue weighted by atomic mass is 10.0. The van der Waals surface area contributed by atoms with Crippen molar-refractivity contribution in [3.63, 3.8) is 0 Å². The van der Waals surface area contributed by atoms with Crippen LogP contribution < -0.4 is 5.32 Å². The summed E-state index contributed by atoms with van der Waals surface area (Å²) in [4.78, 5) is 16.6. The predicted molar refractivity (Wildman–Crippen MR) is 105 cm³/mol. The van der Waals surface area contributed by atoms with E-state index in [1.54, 1.807) is 0 Å². The van der Waals surface area contributed by atoms with Crippen LogP contribution in [0.2, 0.25) is 0 Å². The van der Waals surface area contributed by atoms with Crippen LogP contribution in [-0.2, 0) is 17.4 Å². The van der Waals surface area contributed by atoms with Crippen LogP contribution >= 0.6 is 0 Å². The fraction of sp³-hybridized carbons (Fsp3) is 0.318. The molecule has 0 saturated carbocycles. The molecule has 30 heavy (non-hydrogen) atoms. The highest BCUT2D eigenvalue weighted by atomic mass is 19.4. The number of amides is 1. The summed E-state index contributed by atoms with van der Waals surface area (Å²) >= 11 is 0. The third kappa shape index (κ3) is 5.68. The van der Waals surface area contributed by atoms with Crippen molar-refractivity contribution in [2.24, 2.45) is 5.92 Å². The molecule has 1 aromatic heterocycles. The smallest absolute Gasteiger partial charge is 0.344 e. The van der Waals surface area contributed by atoms with Gasteiger partial charge in [-0.1, -0.05) is 61.5 Å². The zero-order chi connectivity index (χ0) is 21.7. The summed E-state index contributed by atoms with van der Waals surface area (Å²) in [5.41, 5.74) is 0.343. The van der Waals surface area contributed by atoms with Crippen molar-refractivity contribution >= 4 is 5.91 Å². The van der Waals surface area contributed by atoms with Gasteiger partial charge in [0.25, 0.3) is 0 Å². The molecule has 0 unspecified atom stereocenters. The molecule has 158 valence electrons. The van der Waals surface area contributed by atoms with Crippen LogP contribution in [0.3, 0.4) is 0 Å². The van der Waals surface area contributed by atoms with Gasteiger partial charge < -0.3 is 9.84 Å². The second-order valence-corrected chi connectivity index (χ2v) is 7.44. The molecule has 1 atom stereocenters. The Morgan fingerprint density at radius 3 is 2.50 bits per heavy atom. The molecule has 3 rings (SSSR count). The zero-order valence-electron chi connectivity index (χ0n) is 16.6. The number of aromatic nitrogens is 2. The molecule has 1 heterocycles. The Balaban J connectivity index is 1.87. The van der Waals surface area contributed by atoms with Gasteiger partial charge in [0, 0.05) is 18.4 Å². The largest absolute Gasteiger partial charge is 0.416 e. The van der Waals surface area contributed by atoms with Crippen LogP contribution in [0.4, 0.5) is 13.2 Å². The van der Waals surface area contributed by atoms with Crippen LogP contribution in [0, 0.1) is 5.92 Å². The number of alkyl halides is 3. The summed E-state index contributed by atoms with van der Waals surface area (Å²) in [6.45, 7) is 3.87. The highest BCUT2D eigenvalue weighted by molar-refractivity contribution is 5.76. The number of hydrogen-bond donors (Lipinski definition) is 1. The van der Waals surface area contributed by atoms with E-state index in [1.807, 2.05) is 44.2 Å². The molecule has 0 spiro atoms. The molecular weight excluding hydrogens is 395 g/mol. The highest BCUT2D eigenvalue weighted by Gasteiger charge is 2.31. The fourth-order valence-corrected chi connectivity index (χ4v) is 3.00. The number of carbonyl (C=O) groups excluding carboxylic acids is 1. The molecule has 8 heteroatoms. The van der Waals surface area contributed by atoms with Crippen molar-refractivity contribution in [2.75, 3.05) is 0 Å². The van der Waals surface area contributed by atoms with Crippen LogP contribution in [-0.4, -0.2) is 16.0 Å². The van der Waals surface area contributed by atoms with Crippen molar-refractivity contribution in [1.82, 2.24) is 15.5 Å². The average Bonchev–Trinajstić information content (AvgIpc) is 3.17. The Bertz CT molecular complexity index is 985. The second-order valence-electron chi connectivity index (χ2n) is 7.44. The van der Waals surface area contributed by atoms with Gasteiger partial charge in [0.1, 0.15) is 6.04 Å². The minimum Gasteiger partial charge on any atom is -0.344 e. The molecular formula is C22H22F3N3O2. The first-order valence-corrected chi connectivity index (χ1v) is 9.57. The van der Waals surface area contributed by atoms with Gasteiger partial charge in [0.05, 0.1) is 5.56 Å². The summed E-state index contributed by atoms with van der Waals surface area (Å²) in [6.07, 6.45) is -3.72. The first kappa shape index (κ1) is 21.5. The van der Waals surface area contributed by atoms with E-state index in [9.17, 15) is 18.0 Å². The number of carbonyl (C=O) groups is 1. The molecule has 2 aromatic carbocycles. The van der Waals surface area contributed by atoms with Gasteiger partial charge in [0.15, 0.2) is 0 Å². The van der Waals surface area contributed by atoms with E-state index in [-0.39, 0.29) is 29.1 Å². The lowest BCUT2D eigenvalue weighted by Crippen LogP contribution is -2.31. The maximum atomic E-state index is 13.0. The summed E-state index contributed by atoms with van der Waals surface area (Å²) < 4.78 is 44.3. The molecule has 0 aliphatic heterocycles. The topological polar surface area (TPSA) is 68.0 Å². The quantitative estimate of drug-likeness (QED) is 0.574. The van der Waals surface area contributed by atoms with Gasteiger partial charge in [-0.15, -0.1) is 0 Å². The number of rotatable bonds is 7. The predicted octanol–water partition coefficient (Wildman–Crippen LogP) is 5.20. The second kappa shape index (κ2) is 9.11. The van der Waals surface area contributed by atoms with Crippen LogP contribution in [0.25, 0.3) is 11.4 Å². The standard InChI is InChI=1S/C22H22F3N3O2/c1-14(2)11-19(29)26-18(12-15-7-4-3-5-8-15)21-27-20(28-30-21)16-9-6-10-17(13-16)22(23,24)25/h3-10,13-14,18H,11-12H2,1-2H3,(H,26,29)/t18-/m1/s1. The highest BCUT2D eigenvalue weighted by Crippen LogP contribution is 2.31. The van der Waals surface area contributed by atoms with Gasteiger partial charge in [-0.25, -0.2) is 0 Å². The van der Waals surface area contributed by atoms with Crippen LogP contribution in [0.5, 0.6) is 0 Å². The fourth-order valence-electron chi connectivity index (χ4n) is 3.00. The average molecular weight is 417 g/mol. The molecule has 0 bridgehead atoms. The third-order valence-electron chi connectivity index (χ3n) is 4.40. The number of nitrogens with one attached hydrogen (secondary N) is 1. The van der Waals surface area contributed by atoms with Crippen molar-refractivity contribution < 1.29 is 22.5 Å². The molecule has 5 nitrogen and oxygen atoms in total. The molecule has 1 amide bonds. The van der Waals surface area contributed by atoms with Crippen molar-refractivity contribution in [3.8, 4) is 11.4 Å². The number of nitrogens with zero attached hydrogens (tertiary/aromatic N) is 2. The molecule has 0 saturated heterocycles. The van der Waals surface area contributed by atoms with Crippen molar-refractivity contribution in [2.45, 2.75) is 38.9 Å². The zero-order valence-corrected chi connectivity index (χ0v) is 16.6. The van der Waals surface area contributed by atoms with E-state index in [0.29, 0.717) is 12.8 Å². The van der Waals surface area contributed by atoms with Crippen LogP contribution in [0.1, 0.15) is 43.3 Å². The number of benzene rings is 2. The maximum absolute atomic E-state index is 13.0. The van der Waals surface area contributed by atoms with E-state index in [4.69, 9.17) is 4.52 Å². The van der Waals surface area contributed by atoms with Gasteiger partial charge in [-0.05, 0) is 23.6 Å². The van der Waals surface area contributed by atoms with Gasteiger partial charge in [-0.3, -0.25) is 4.79 Å². The van der Waals surface area contributed by atoms with Gasteiger partial charge in [-0.2, -0.15) is 18.2 Å². The Hall–Kier alpha value is -3.16. The van der Waals surface area contributed by atoms with E-state index in [2.05, 4.69) is 15.5 Å². The molecule has 1 N–H and O–H groups in total. The summed E-state index contributed by atoms with van der Waals surface area (Å²) in [7, 11) is 0. The van der Waals surface area contributed by atoms with E-state index >= 15 is 0 Å². The molecule has 0 aliphatic carbocycles. The van der Waals surface area contributed by atoms with E-state index in [0.717, 1.165) is 17.7 Å². The molecule has 0 aliphatic rings. The first-order valence-electron chi connectivity index (χ1n) is 9.57. The Morgan fingerprint density at radius 1 is 1.10 bits per heavy atom. The first-order chi connectivity index (χ1) is 14.2. The molecule has 0 fully saturated rings. The maximum Gasteiger partial charge on any atom is 0.416 e. The third-order valence-corrected chi connectivity index (χ3v) is 4.40. The molecule has 3 aromatic rings. The molecule has 0 radical (unpaired) electrons. The van der Waals surface area contributed by atoms with Crippen LogP contribution in [0.15, 0.2) is 59.1 Å². The van der Waals surface area contributed by atoms with E-state index < -0.39 is 17.8 Å². The SMILES string of the molecule is CC(C)CC(=O)N[C@H](Cc1ccccc1)c1nc(-c2cccc(C(F)(F)F)c2)no1. The van der Waals surface area contributed by atoms with Crippen molar-refractivity contribution in [1.29, 1.82) is 0 Å². The van der Waals surface area contributed by atoms with Gasteiger partial charge in [0.2, 0.25) is 17.6 Å². The monoisotopic (exact) mass is 417 g/mol. The minimum absolute atomic E-state index is 0.0345. The van der Waals surface area contributed by atoms with Gasteiger partial charge >= 0.3 is 6.18 Å². The normalized spacial score (nSPS) is 12.7. The Morgan fingerprint density at radius 2 is 1.83 bits per heavy atom. The lowest BCUT2D eigenvalue weighted by molar-refractivity contribution is -0.137. The Labute approximate surface area is 172 Å². The van der Waals surface area contributed by atoms with E-state index in [1.165, 1.54) is 12.1 Å². The Kier molecular flexibility index (Phi) is 6.54. The summed E-state index contributed by atoms with van der Waals surface area (Å²) in [6, 6.07) is 13.6. The number of hydrogen-bond acceptors (Lipinski definition) is 4. The lowest BCUT2D eigenvalue weighted by Gasteiger charge is -2.16. The minimum atomic E-state index is -4.47. The summed E-state index contributed by atoms with van der Waals surface area (Å²) in [5.74, 6) is 0.186.